The summed E-state index contributed by atoms with van der Waals surface area (Å²) in [5.74, 6) is 0.281. The maximum atomic E-state index is 12.3. The van der Waals surface area contributed by atoms with Gasteiger partial charge in [-0.1, -0.05) is 30.0 Å². The summed E-state index contributed by atoms with van der Waals surface area (Å²) in [4.78, 5) is 20.8. The number of carbonyl (C=O) groups is 1. The Balaban J connectivity index is 1.45. The molecular weight excluding hydrogens is 342 g/mol. The number of benzene rings is 2. The Hall–Kier alpha value is -2.58. The highest BCUT2D eigenvalue weighted by Crippen LogP contribution is 2.23. The lowest BCUT2D eigenvalue weighted by atomic mass is 10.2. The van der Waals surface area contributed by atoms with Crippen molar-refractivity contribution in [3.8, 4) is 0 Å². The van der Waals surface area contributed by atoms with E-state index in [0.29, 0.717) is 11.4 Å². The Morgan fingerprint density at radius 3 is 2.88 bits per heavy atom. The molecule has 24 heavy (non-hydrogen) atoms. The number of aromatic nitrogens is 4. The smallest absolute Gasteiger partial charge is 0.252 e. The summed E-state index contributed by atoms with van der Waals surface area (Å²) in [6.07, 6.45) is 1.54. The molecule has 0 atom stereocenters. The van der Waals surface area contributed by atoms with Crippen LogP contribution in [-0.2, 0) is 0 Å². The molecule has 0 aliphatic carbocycles. The number of para-hydroxylation sites is 1. The predicted octanol–water partition coefficient (Wildman–Crippen LogP) is 3.11. The van der Waals surface area contributed by atoms with Crippen LogP contribution in [0.25, 0.3) is 21.9 Å². The number of rotatable bonds is 4. The Bertz CT molecular complexity index is 1030. The third kappa shape index (κ3) is 2.93. The van der Waals surface area contributed by atoms with Crippen molar-refractivity contribution in [3.05, 3.63) is 54.4 Å². The van der Waals surface area contributed by atoms with Crippen molar-refractivity contribution in [2.45, 2.75) is 5.03 Å². The van der Waals surface area contributed by atoms with Gasteiger partial charge in [-0.05, 0) is 24.3 Å². The van der Waals surface area contributed by atoms with Crippen molar-refractivity contribution in [1.29, 1.82) is 0 Å². The van der Waals surface area contributed by atoms with E-state index in [4.69, 9.17) is 0 Å². The van der Waals surface area contributed by atoms with Crippen molar-refractivity contribution in [1.82, 2.24) is 24.0 Å². The first-order chi connectivity index (χ1) is 11.8. The van der Waals surface area contributed by atoms with E-state index in [1.807, 2.05) is 24.3 Å². The lowest BCUT2D eigenvalue weighted by Crippen LogP contribution is -2.22. The van der Waals surface area contributed by atoms with Gasteiger partial charge in [-0.25, -0.2) is 9.97 Å². The Kier molecular flexibility index (Phi) is 4.06. The van der Waals surface area contributed by atoms with Crippen molar-refractivity contribution >= 4 is 51.3 Å². The Morgan fingerprint density at radius 1 is 1.04 bits per heavy atom. The summed E-state index contributed by atoms with van der Waals surface area (Å²) in [6.45, 7) is 0. The fourth-order valence-electron chi connectivity index (χ4n) is 2.29. The molecule has 0 bridgehead atoms. The summed E-state index contributed by atoms with van der Waals surface area (Å²) >= 11 is 2.61. The average molecular weight is 353 g/mol. The van der Waals surface area contributed by atoms with Crippen LogP contribution in [0.1, 0.15) is 10.4 Å². The van der Waals surface area contributed by atoms with Gasteiger partial charge in [-0.2, -0.15) is 8.75 Å². The van der Waals surface area contributed by atoms with Crippen molar-refractivity contribution in [2.24, 2.45) is 0 Å². The topological polar surface area (TPSA) is 80.7 Å². The molecule has 1 amide bonds. The molecule has 118 valence electrons. The van der Waals surface area contributed by atoms with E-state index in [1.54, 1.807) is 18.2 Å². The molecule has 0 aliphatic heterocycles. The van der Waals surface area contributed by atoms with Gasteiger partial charge in [0.05, 0.1) is 23.1 Å². The summed E-state index contributed by atoms with van der Waals surface area (Å²) in [7, 11) is 0. The van der Waals surface area contributed by atoms with E-state index in [-0.39, 0.29) is 5.91 Å². The summed E-state index contributed by atoms with van der Waals surface area (Å²) in [5.41, 5.74) is 3.01. The molecule has 8 heteroatoms. The number of carbonyl (C=O) groups excluding carboxylic acids is 1. The normalized spacial score (nSPS) is 11.0. The molecule has 0 saturated carbocycles. The summed E-state index contributed by atoms with van der Waals surface area (Å²) in [5, 5.41) is 4.72. The van der Waals surface area contributed by atoms with E-state index in [9.17, 15) is 4.79 Å². The van der Waals surface area contributed by atoms with E-state index in [2.05, 4.69) is 24.0 Å². The molecule has 0 spiro atoms. The molecule has 6 nitrogen and oxygen atoms in total. The minimum absolute atomic E-state index is 0.143. The first-order valence-electron chi connectivity index (χ1n) is 7.14. The molecule has 0 saturated heterocycles. The van der Waals surface area contributed by atoms with Crippen LogP contribution in [0.3, 0.4) is 0 Å². The monoisotopic (exact) mass is 353 g/mol. The number of nitrogens with one attached hydrogen (secondary N) is 1. The Labute approximate surface area is 145 Å². The largest absolute Gasteiger partial charge is 0.343 e. The van der Waals surface area contributed by atoms with E-state index < -0.39 is 0 Å². The maximum absolute atomic E-state index is 12.3. The molecule has 0 fully saturated rings. The number of nitrogens with zero attached hydrogens (tertiary/aromatic N) is 4. The second-order valence-electron chi connectivity index (χ2n) is 4.96. The number of thioether (sulfide) groups is 1. The number of amides is 1. The van der Waals surface area contributed by atoms with Crippen LogP contribution in [0.5, 0.6) is 0 Å². The average Bonchev–Trinajstić information content (AvgIpc) is 3.09. The predicted molar refractivity (Wildman–Crippen MR) is 95.1 cm³/mol. The van der Waals surface area contributed by atoms with Gasteiger partial charge in [0.2, 0.25) is 0 Å². The molecule has 0 unspecified atom stereocenters. The lowest BCUT2D eigenvalue weighted by molar-refractivity contribution is 0.0961. The van der Waals surface area contributed by atoms with Crippen LogP contribution in [0, 0.1) is 0 Å². The zero-order chi connectivity index (χ0) is 16.4. The maximum Gasteiger partial charge on any atom is 0.252 e. The SMILES string of the molecule is O=C(NCSc1ncnc2ccccc12)c1ccc2nsnc2c1. The first kappa shape index (κ1) is 15.0. The van der Waals surface area contributed by atoms with Crippen LogP contribution in [0.4, 0.5) is 0 Å². The number of fused-ring (bicyclic) bond motifs is 2. The highest BCUT2D eigenvalue weighted by Gasteiger charge is 2.09. The summed E-state index contributed by atoms with van der Waals surface area (Å²) < 4.78 is 8.28. The van der Waals surface area contributed by atoms with Gasteiger partial charge in [-0.3, -0.25) is 4.79 Å². The quantitative estimate of drug-likeness (QED) is 0.345. The van der Waals surface area contributed by atoms with Crippen LogP contribution in [0.15, 0.2) is 53.8 Å². The zero-order valence-corrected chi connectivity index (χ0v) is 14.0. The minimum Gasteiger partial charge on any atom is -0.343 e. The molecule has 0 radical (unpaired) electrons. The molecule has 4 aromatic rings. The van der Waals surface area contributed by atoms with Gasteiger partial charge in [0.15, 0.2) is 0 Å². The number of hydrogen-bond donors (Lipinski definition) is 1. The second-order valence-corrected chi connectivity index (χ2v) is 6.45. The lowest BCUT2D eigenvalue weighted by Gasteiger charge is -2.06. The fourth-order valence-corrected chi connectivity index (χ4v) is 3.60. The van der Waals surface area contributed by atoms with E-state index in [0.717, 1.165) is 38.7 Å². The highest BCUT2D eigenvalue weighted by atomic mass is 32.2. The molecule has 2 aromatic heterocycles. The van der Waals surface area contributed by atoms with Crippen LogP contribution >= 0.6 is 23.5 Å². The van der Waals surface area contributed by atoms with Gasteiger partial charge in [0.1, 0.15) is 22.4 Å². The molecule has 0 aliphatic rings. The van der Waals surface area contributed by atoms with Gasteiger partial charge < -0.3 is 5.32 Å². The third-order valence-electron chi connectivity index (χ3n) is 3.46. The highest BCUT2D eigenvalue weighted by molar-refractivity contribution is 7.99. The fraction of sp³-hybridized carbons (Fsp3) is 0.0625. The van der Waals surface area contributed by atoms with Crippen LogP contribution in [-0.4, -0.2) is 30.5 Å². The van der Waals surface area contributed by atoms with Crippen molar-refractivity contribution in [3.63, 3.8) is 0 Å². The van der Waals surface area contributed by atoms with E-state index >= 15 is 0 Å². The zero-order valence-electron chi connectivity index (χ0n) is 12.3. The van der Waals surface area contributed by atoms with Crippen molar-refractivity contribution in [2.75, 3.05) is 5.88 Å². The van der Waals surface area contributed by atoms with Gasteiger partial charge in [0, 0.05) is 10.9 Å². The van der Waals surface area contributed by atoms with Crippen LogP contribution < -0.4 is 5.32 Å². The van der Waals surface area contributed by atoms with E-state index in [1.165, 1.54) is 18.1 Å². The Morgan fingerprint density at radius 2 is 1.92 bits per heavy atom. The van der Waals surface area contributed by atoms with Gasteiger partial charge in [0.25, 0.3) is 5.91 Å². The minimum atomic E-state index is -0.143. The molecule has 2 heterocycles. The standard InChI is InChI=1S/C16H11N5OS2/c22-15(10-5-6-13-14(7-10)21-24-20-13)19-9-23-16-11-3-1-2-4-12(11)17-8-18-16/h1-8H,9H2,(H,19,22). The van der Waals surface area contributed by atoms with Gasteiger partial charge in [-0.15, -0.1) is 0 Å². The van der Waals surface area contributed by atoms with Crippen molar-refractivity contribution < 1.29 is 4.79 Å². The molecule has 4 rings (SSSR count). The summed E-state index contributed by atoms with van der Waals surface area (Å²) in [6, 6.07) is 13.1. The first-order valence-corrected chi connectivity index (χ1v) is 8.86. The molecule has 2 aromatic carbocycles. The number of hydrogen-bond acceptors (Lipinski definition) is 7. The third-order valence-corrected chi connectivity index (χ3v) is 4.91. The molecule has 1 N–H and O–H groups in total. The van der Waals surface area contributed by atoms with Crippen LogP contribution in [0.2, 0.25) is 0 Å². The molecular formula is C16H11N5OS2. The second kappa shape index (κ2) is 6.50. The van der Waals surface area contributed by atoms with Gasteiger partial charge >= 0.3 is 0 Å².